The highest BCUT2D eigenvalue weighted by atomic mass is 16.5. The molecule has 0 aromatic heterocycles. The minimum absolute atomic E-state index is 0.0897. The average molecular weight is 451 g/mol. The number of ether oxygens (including phenoxy) is 1. The number of nitrogens with one attached hydrogen (secondary N) is 1. The molecule has 33 heavy (non-hydrogen) atoms. The van der Waals surface area contributed by atoms with E-state index in [2.05, 4.69) is 67.9 Å². The molecular weight excluding hydrogens is 416 g/mol. The maximum Gasteiger partial charge on any atom is 0.324 e. The van der Waals surface area contributed by atoms with Gasteiger partial charge in [-0.25, -0.2) is 4.79 Å². The number of hydrogen-bond donors (Lipinski definition) is 1. The Kier molecular flexibility index (Phi) is 6.23. The van der Waals surface area contributed by atoms with E-state index in [1.165, 1.54) is 21.8 Å². The van der Waals surface area contributed by atoms with Crippen molar-refractivity contribution < 1.29 is 14.3 Å². The van der Waals surface area contributed by atoms with Crippen molar-refractivity contribution in [1.29, 1.82) is 0 Å². The number of hydrogen-bond acceptors (Lipinski definition) is 5. The Morgan fingerprint density at radius 1 is 0.939 bits per heavy atom. The summed E-state index contributed by atoms with van der Waals surface area (Å²) >= 11 is 0. The molecule has 4 rings (SSSR count). The molecule has 1 fully saturated rings. The first-order chi connectivity index (χ1) is 15.7. The van der Waals surface area contributed by atoms with Gasteiger partial charge < -0.3 is 19.4 Å². The quantitative estimate of drug-likeness (QED) is 0.670. The third kappa shape index (κ3) is 4.36. The summed E-state index contributed by atoms with van der Waals surface area (Å²) in [5.41, 5.74) is 6.75. The van der Waals surface area contributed by atoms with Crippen molar-refractivity contribution in [3.63, 3.8) is 0 Å². The van der Waals surface area contributed by atoms with Crippen LogP contribution in [0, 0.1) is 6.92 Å². The van der Waals surface area contributed by atoms with Gasteiger partial charge in [-0.2, -0.15) is 0 Å². The maximum absolute atomic E-state index is 12.0. The molecule has 0 unspecified atom stereocenters. The second kappa shape index (κ2) is 8.96. The number of benzene rings is 2. The van der Waals surface area contributed by atoms with E-state index >= 15 is 0 Å². The molecule has 0 radical (unpaired) electrons. The number of rotatable bonds is 6. The van der Waals surface area contributed by atoms with Crippen molar-refractivity contribution in [2.75, 3.05) is 36.5 Å². The van der Waals surface area contributed by atoms with Gasteiger partial charge in [-0.05, 0) is 75.6 Å². The van der Waals surface area contributed by atoms with Crippen LogP contribution in [0.5, 0.6) is 5.75 Å². The van der Waals surface area contributed by atoms with Crippen LogP contribution in [0.4, 0.5) is 16.2 Å². The number of anilines is 2. The van der Waals surface area contributed by atoms with Crippen LogP contribution >= 0.6 is 0 Å². The number of aryl methyl sites for hydroxylation is 1. The number of carbonyl (C=O) groups excluding carboxylic acids is 2. The van der Waals surface area contributed by atoms with Crippen LogP contribution in [-0.4, -0.2) is 55.7 Å². The molecular formula is C26H34N4O3. The number of nitrogens with zero attached hydrogens (tertiary/aromatic N) is 3. The first-order valence-corrected chi connectivity index (χ1v) is 11.6. The van der Waals surface area contributed by atoms with Crippen molar-refractivity contribution in [2.24, 2.45) is 0 Å². The summed E-state index contributed by atoms with van der Waals surface area (Å²) in [6, 6.07) is 11.0. The van der Waals surface area contributed by atoms with Crippen LogP contribution in [0.25, 0.3) is 11.1 Å². The summed E-state index contributed by atoms with van der Waals surface area (Å²) in [6.07, 6.45) is 0. The molecule has 0 bridgehead atoms. The Hall–Kier alpha value is -3.22. The lowest BCUT2D eigenvalue weighted by Gasteiger charge is -2.43. The predicted molar refractivity (Wildman–Crippen MR) is 132 cm³/mol. The van der Waals surface area contributed by atoms with Crippen LogP contribution < -0.4 is 19.9 Å². The van der Waals surface area contributed by atoms with Gasteiger partial charge in [0.15, 0.2) is 0 Å². The van der Waals surface area contributed by atoms with Crippen LogP contribution in [-0.2, 0) is 11.3 Å². The number of fused-ring (bicyclic) bond motifs is 1. The zero-order valence-corrected chi connectivity index (χ0v) is 20.4. The van der Waals surface area contributed by atoms with Gasteiger partial charge >= 0.3 is 6.03 Å². The van der Waals surface area contributed by atoms with Gasteiger partial charge in [0.05, 0.1) is 18.5 Å². The maximum atomic E-state index is 12.0. The standard InChI is InChI=1S/C26H34N4O3/c1-16(2)29-9-10-30(17(3)4)23-13-20(18(5)11-22(23)29)21-12-19(7-8-24(21)33-6)14-28-15-25(31)27-26(28)32/h7-8,11-13,16-17H,9-10,14-15H2,1-6H3,(H,27,31,32). The molecule has 176 valence electrons. The Balaban J connectivity index is 1.79. The van der Waals surface area contributed by atoms with Gasteiger partial charge in [0.25, 0.3) is 0 Å². The summed E-state index contributed by atoms with van der Waals surface area (Å²) in [6.45, 7) is 13.5. The third-order valence-corrected chi connectivity index (χ3v) is 6.56. The molecule has 2 aromatic rings. The molecule has 7 heteroatoms. The Bertz CT molecular complexity index is 1080. The molecule has 0 atom stereocenters. The molecule has 3 amide bonds. The molecule has 2 heterocycles. The fourth-order valence-electron chi connectivity index (χ4n) is 4.86. The zero-order valence-electron chi connectivity index (χ0n) is 20.4. The molecule has 2 aliphatic rings. The second-order valence-electron chi connectivity index (χ2n) is 9.47. The Morgan fingerprint density at radius 2 is 1.58 bits per heavy atom. The van der Waals surface area contributed by atoms with Gasteiger partial charge in [-0.15, -0.1) is 0 Å². The number of carbonyl (C=O) groups is 2. The van der Waals surface area contributed by atoms with E-state index < -0.39 is 0 Å². The van der Waals surface area contributed by atoms with Crippen LogP contribution in [0.1, 0.15) is 38.8 Å². The minimum atomic E-state index is -0.344. The van der Waals surface area contributed by atoms with E-state index in [4.69, 9.17) is 4.74 Å². The largest absolute Gasteiger partial charge is 0.496 e. The summed E-state index contributed by atoms with van der Waals surface area (Å²) in [4.78, 5) is 30.1. The Labute approximate surface area is 196 Å². The van der Waals surface area contributed by atoms with Crippen molar-refractivity contribution in [3.05, 3.63) is 41.5 Å². The van der Waals surface area contributed by atoms with Gasteiger partial charge in [-0.1, -0.05) is 6.07 Å². The zero-order chi connectivity index (χ0) is 23.9. The molecule has 0 spiro atoms. The van der Waals surface area contributed by atoms with Crippen LogP contribution in [0.3, 0.4) is 0 Å². The monoisotopic (exact) mass is 450 g/mol. The van der Waals surface area contributed by atoms with E-state index in [0.29, 0.717) is 18.6 Å². The van der Waals surface area contributed by atoms with Gasteiger partial charge in [0.2, 0.25) is 5.91 Å². The van der Waals surface area contributed by atoms with E-state index in [0.717, 1.165) is 35.5 Å². The highest BCUT2D eigenvalue weighted by molar-refractivity contribution is 6.01. The Morgan fingerprint density at radius 3 is 2.12 bits per heavy atom. The number of amides is 3. The third-order valence-electron chi connectivity index (χ3n) is 6.56. The SMILES string of the molecule is COc1ccc(CN2CC(=O)NC2=O)cc1-c1cc2c(cc1C)N(C(C)C)CCN2C(C)C. The van der Waals surface area contributed by atoms with Crippen LogP contribution in [0.2, 0.25) is 0 Å². The van der Waals surface area contributed by atoms with Crippen molar-refractivity contribution in [2.45, 2.75) is 53.2 Å². The van der Waals surface area contributed by atoms with Gasteiger partial charge in [0, 0.05) is 37.3 Å². The molecule has 0 saturated carbocycles. The molecule has 2 aliphatic heterocycles. The molecule has 7 nitrogen and oxygen atoms in total. The molecule has 1 saturated heterocycles. The minimum Gasteiger partial charge on any atom is -0.496 e. The van der Waals surface area contributed by atoms with Crippen molar-refractivity contribution >= 4 is 23.3 Å². The first kappa shape index (κ1) is 23.0. The van der Waals surface area contributed by atoms with E-state index in [1.807, 2.05) is 12.1 Å². The number of methoxy groups -OCH3 is 1. The molecule has 1 N–H and O–H groups in total. The number of urea groups is 1. The smallest absolute Gasteiger partial charge is 0.324 e. The highest BCUT2D eigenvalue weighted by Crippen LogP contribution is 2.43. The fourth-order valence-corrected chi connectivity index (χ4v) is 4.86. The molecule has 2 aromatic carbocycles. The first-order valence-electron chi connectivity index (χ1n) is 11.6. The lowest BCUT2D eigenvalue weighted by atomic mass is 9.94. The lowest BCUT2D eigenvalue weighted by Crippen LogP contribution is -2.46. The summed E-state index contributed by atoms with van der Waals surface area (Å²) in [5, 5.41) is 2.34. The van der Waals surface area contributed by atoms with Gasteiger partial charge in [-0.3, -0.25) is 10.1 Å². The summed E-state index contributed by atoms with van der Waals surface area (Å²) in [5.74, 6) is 0.527. The predicted octanol–water partition coefficient (Wildman–Crippen LogP) is 4.17. The topological polar surface area (TPSA) is 65.1 Å². The van der Waals surface area contributed by atoms with Crippen molar-refractivity contribution in [1.82, 2.24) is 10.2 Å². The van der Waals surface area contributed by atoms with E-state index in [9.17, 15) is 9.59 Å². The highest BCUT2D eigenvalue weighted by Gasteiger charge is 2.29. The van der Waals surface area contributed by atoms with E-state index in [1.54, 1.807) is 7.11 Å². The van der Waals surface area contributed by atoms with Gasteiger partial charge in [0.1, 0.15) is 12.3 Å². The van der Waals surface area contributed by atoms with Crippen LogP contribution in [0.15, 0.2) is 30.3 Å². The second-order valence-corrected chi connectivity index (χ2v) is 9.47. The number of imide groups is 1. The van der Waals surface area contributed by atoms with E-state index in [-0.39, 0.29) is 18.5 Å². The normalized spacial score (nSPS) is 16.1. The average Bonchev–Trinajstić information content (AvgIpc) is 3.08. The summed E-state index contributed by atoms with van der Waals surface area (Å²) < 4.78 is 5.72. The van der Waals surface area contributed by atoms with Crippen molar-refractivity contribution in [3.8, 4) is 16.9 Å². The fraction of sp³-hybridized carbons (Fsp3) is 0.462. The summed E-state index contributed by atoms with van der Waals surface area (Å²) in [7, 11) is 1.68. The lowest BCUT2D eigenvalue weighted by molar-refractivity contribution is -0.118. The molecule has 0 aliphatic carbocycles.